The van der Waals surface area contributed by atoms with Gasteiger partial charge < -0.3 is 0 Å². The molecule has 0 heterocycles. The lowest BCUT2D eigenvalue weighted by Gasteiger charge is -2.27. The van der Waals surface area contributed by atoms with E-state index in [1.165, 1.54) is 24.8 Å². The van der Waals surface area contributed by atoms with Crippen molar-refractivity contribution in [3.8, 4) is 0 Å². The van der Waals surface area contributed by atoms with Gasteiger partial charge in [-0.15, -0.1) is 11.6 Å². The lowest BCUT2D eigenvalue weighted by Crippen LogP contribution is -2.17. The third-order valence-corrected chi connectivity index (χ3v) is 3.91. The fourth-order valence-electron chi connectivity index (χ4n) is 2.08. The zero-order valence-electron chi connectivity index (χ0n) is 8.76. The highest BCUT2D eigenvalue weighted by atomic mass is 35.5. The van der Waals surface area contributed by atoms with E-state index in [-0.39, 0.29) is 5.38 Å². The van der Waals surface area contributed by atoms with Gasteiger partial charge in [0.1, 0.15) is 0 Å². The Morgan fingerprint density at radius 2 is 2.00 bits per heavy atom. The fourth-order valence-corrected chi connectivity index (χ4v) is 2.71. The molecule has 1 unspecified atom stereocenters. The first-order chi connectivity index (χ1) is 7.25. The molecule has 1 atom stereocenters. The van der Waals surface area contributed by atoms with E-state index in [1.807, 2.05) is 18.2 Å². The first kappa shape index (κ1) is 11.3. The van der Waals surface area contributed by atoms with Crippen molar-refractivity contribution in [3.63, 3.8) is 0 Å². The van der Waals surface area contributed by atoms with E-state index in [2.05, 4.69) is 6.07 Å². The Morgan fingerprint density at radius 1 is 1.27 bits per heavy atom. The number of halogens is 2. The van der Waals surface area contributed by atoms with Gasteiger partial charge in [-0.1, -0.05) is 49.1 Å². The van der Waals surface area contributed by atoms with Gasteiger partial charge >= 0.3 is 0 Å². The molecule has 0 aromatic heterocycles. The van der Waals surface area contributed by atoms with Crippen LogP contribution in [0, 0.1) is 5.92 Å². The molecule has 0 spiro atoms. The van der Waals surface area contributed by atoms with Crippen LogP contribution in [0.4, 0.5) is 0 Å². The van der Waals surface area contributed by atoms with Crippen LogP contribution >= 0.6 is 23.2 Å². The van der Waals surface area contributed by atoms with Gasteiger partial charge in [0.15, 0.2) is 0 Å². The standard InChI is InChI=1S/C13H16Cl2/c14-12(8-10-4-3-5-10)9-11-6-1-2-7-13(11)15/h1-2,6-7,10,12H,3-5,8-9H2. The van der Waals surface area contributed by atoms with Gasteiger partial charge in [0.2, 0.25) is 0 Å². The molecule has 1 fully saturated rings. The van der Waals surface area contributed by atoms with Crippen molar-refractivity contribution in [1.29, 1.82) is 0 Å². The molecule has 0 nitrogen and oxygen atoms in total. The number of benzene rings is 1. The van der Waals surface area contributed by atoms with Crippen LogP contribution in [0.2, 0.25) is 5.02 Å². The Hall–Kier alpha value is -0.200. The Morgan fingerprint density at radius 3 is 2.60 bits per heavy atom. The predicted molar refractivity (Wildman–Crippen MR) is 66.8 cm³/mol. The summed E-state index contributed by atoms with van der Waals surface area (Å²) in [5, 5.41) is 1.09. The molecule has 15 heavy (non-hydrogen) atoms. The Bertz CT molecular complexity index is 318. The highest BCUT2D eigenvalue weighted by Gasteiger charge is 2.21. The van der Waals surface area contributed by atoms with Crippen LogP contribution in [0.15, 0.2) is 24.3 Å². The van der Waals surface area contributed by atoms with E-state index in [0.29, 0.717) is 0 Å². The van der Waals surface area contributed by atoms with Crippen LogP contribution < -0.4 is 0 Å². The van der Waals surface area contributed by atoms with Crippen molar-refractivity contribution < 1.29 is 0 Å². The van der Waals surface area contributed by atoms with Gasteiger partial charge in [0.25, 0.3) is 0 Å². The van der Waals surface area contributed by atoms with Crippen LogP contribution in [0.3, 0.4) is 0 Å². The van der Waals surface area contributed by atoms with Crippen LogP contribution in [-0.2, 0) is 6.42 Å². The van der Waals surface area contributed by atoms with E-state index in [9.17, 15) is 0 Å². The third-order valence-electron chi connectivity index (χ3n) is 3.21. The molecular formula is C13H16Cl2. The van der Waals surface area contributed by atoms with Crippen LogP contribution in [0.5, 0.6) is 0 Å². The summed E-state index contributed by atoms with van der Waals surface area (Å²) in [6.45, 7) is 0. The van der Waals surface area contributed by atoms with Crippen LogP contribution in [-0.4, -0.2) is 5.38 Å². The summed E-state index contributed by atoms with van der Waals surface area (Å²) in [6, 6.07) is 7.98. The van der Waals surface area contributed by atoms with Gasteiger partial charge in [0, 0.05) is 10.4 Å². The van der Waals surface area contributed by atoms with Crippen LogP contribution in [0.1, 0.15) is 31.2 Å². The molecule has 0 N–H and O–H groups in total. The molecule has 1 saturated carbocycles. The second-order valence-electron chi connectivity index (χ2n) is 4.43. The Balaban J connectivity index is 1.87. The average molecular weight is 243 g/mol. The van der Waals surface area contributed by atoms with Crippen molar-refractivity contribution in [2.24, 2.45) is 5.92 Å². The third kappa shape index (κ3) is 3.12. The maximum atomic E-state index is 6.34. The largest absolute Gasteiger partial charge is 0.123 e. The molecule has 2 heteroatoms. The summed E-state index contributed by atoms with van der Waals surface area (Å²) in [5.41, 5.74) is 1.18. The summed E-state index contributed by atoms with van der Waals surface area (Å²) >= 11 is 12.4. The normalized spacial score (nSPS) is 18.5. The van der Waals surface area contributed by atoms with Gasteiger partial charge in [0.05, 0.1) is 0 Å². The summed E-state index contributed by atoms with van der Waals surface area (Å²) in [5.74, 6) is 0.870. The maximum absolute atomic E-state index is 6.34. The molecule has 82 valence electrons. The van der Waals surface area contributed by atoms with E-state index >= 15 is 0 Å². The van der Waals surface area contributed by atoms with Crippen molar-refractivity contribution in [2.75, 3.05) is 0 Å². The quantitative estimate of drug-likeness (QED) is 0.673. The molecule has 0 bridgehead atoms. The Labute approximate surface area is 102 Å². The smallest absolute Gasteiger partial charge is 0.0438 e. The lowest BCUT2D eigenvalue weighted by molar-refractivity contribution is 0.292. The molecule has 2 rings (SSSR count). The second-order valence-corrected chi connectivity index (χ2v) is 5.45. The lowest BCUT2D eigenvalue weighted by atomic mass is 9.81. The first-order valence-electron chi connectivity index (χ1n) is 5.63. The van der Waals surface area contributed by atoms with E-state index in [4.69, 9.17) is 23.2 Å². The van der Waals surface area contributed by atoms with Crippen molar-refractivity contribution in [3.05, 3.63) is 34.9 Å². The SMILES string of the molecule is Clc1ccccc1CC(Cl)CC1CCC1. The molecule has 1 aliphatic carbocycles. The average Bonchev–Trinajstić information content (AvgIpc) is 2.16. The molecule has 0 saturated heterocycles. The van der Waals surface area contributed by atoms with Crippen molar-refractivity contribution >= 4 is 23.2 Å². The Kier molecular flexibility index (Phi) is 3.93. The fraction of sp³-hybridized carbons (Fsp3) is 0.538. The summed E-state index contributed by atoms with van der Waals surface area (Å²) in [4.78, 5) is 0. The zero-order valence-corrected chi connectivity index (χ0v) is 10.3. The van der Waals surface area contributed by atoms with Gasteiger partial charge in [-0.05, 0) is 30.4 Å². The molecule has 0 aliphatic heterocycles. The summed E-state index contributed by atoms with van der Waals surface area (Å²) in [7, 11) is 0. The van der Waals surface area contributed by atoms with Gasteiger partial charge in [-0.2, -0.15) is 0 Å². The minimum atomic E-state index is 0.246. The monoisotopic (exact) mass is 242 g/mol. The minimum absolute atomic E-state index is 0.246. The highest BCUT2D eigenvalue weighted by Crippen LogP contribution is 2.33. The van der Waals surface area contributed by atoms with E-state index in [1.54, 1.807) is 0 Å². The molecule has 0 amide bonds. The predicted octanol–water partition coefficient (Wildman–Crippen LogP) is 4.68. The number of hydrogen-bond acceptors (Lipinski definition) is 0. The summed E-state index contributed by atoms with van der Waals surface area (Å²) in [6.07, 6.45) is 6.17. The van der Waals surface area contributed by atoms with Crippen LogP contribution in [0.25, 0.3) is 0 Å². The topological polar surface area (TPSA) is 0 Å². The molecular weight excluding hydrogens is 227 g/mol. The number of hydrogen-bond donors (Lipinski definition) is 0. The van der Waals surface area contributed by atoms with Crippen molar-refractivity contribution in [1.82, 2.24) is 0 Å². The summed E-state index contributed by atoms with van der Waals surface area (Å²) < 4.78 is 0. The van der Waals surface area contributed by atoms with E-state index in [0.717, 1.165) is 23.8 Å². The van der Waals surface area contributed by atoms with Gasteiger partial charge in [-0.25, -0.2) is 0 Å². The minimum Gasteiger partial charge on any atom is -0.123 e. The molecule has 1 aromatic carbocycles. The number of rotatable bonds is 4. The highest BCUT2D eigenvalue weighted by molar-refractivity contribution is 6.31. The maximum Gasteiger partial charge on any atom is 0.0438 e. The number of alkyl halides is 1. The second kappa shape index (κ2) is 5.23. The zero-order chi connectivity index (χ0) is 10.7. The van der Waals surface area contributed by atoms with Gasteiger partial charge in [-0.3, -0.25) is 0 Å². The van der Waals surface area contributed by atoms with Crippen molar-refractivity contribution in [2.45, 2.75) is 37.5 Å². The molecule has 1 aromatic rings. The first-order valence-corrected chi connectivity index (χ1v) is 6.44. The molecule has 1 aliphatic rings. The molecule has 0 radical (unpaired) electrons. The van der Waals surface area contributed by atoms with E-state index < -0.39 is 0 Å².